The third-order valence-corrected chi connectivity index (χ3v) is 17.4. The van der Waals surface area contributed by atoms with Crippen LogP contribution in [-0.2, 0) is 11.2 Å². The number of allylic oxidation sites excluding steroid dienone is 10. The van der Waals surface area contributed by atoms with Crippen LogP contribution in [0, 0.1) is 30.6 Å². The number of benzene rings is 3. The van der Waals surface area contributed by atoms with E-state index in [0.717, 1.165) is 32.1 Å². The summed E-state index contributed by atoms with van der Waals surface area (Å²) in [6.45, 7) is 12.0. The van der Waals surface area contributed by atoms with Crippen molar-refractivity contribution in [3.05, 3.63) is 201 Å². The Morgan fingerprint density at radius 1 is 0.803 bits per heavy atom. The quantitative estimate of drug-likeness (QED) is 0.149. The maximum atomic E-state index is 7.15. The first-order valence-electron chi connectivity index (χ1n) is 23.8. The van der Waals surface area contributed by atoms with Crippen LogP contribution in [0.4, 0.5) is 0 Å². The van der Waals surface area contributed by atoms with Crippen molar-refractivity contribution >= 4 is 20.7 Å². The van der Waals surface area contributed by atoms with E-state index in [-0.39, 0.29) is 27.6 Å². The topological polar surface area (TPSA) is 12.5 Å². The summed E-state index contributed by atoms with van der Waals surface area (Å²) in [6, 6.07) is 27.1. The first kappa shape index (κ1) is 39.3. The van der Waals surface area contributed by atoms with E-state index < -0.39 is 0 Å². The zero-order valence-electron chi connectivity index (χ0n) is 36.9. The molecule has 0 spiro atoms. The fourth-order valence-electron chi connectivity index (χ4n) is 13.0. The second kappa shape index (κ2) is 16.0. The van der Waals surface area contributed by atoms with Gasteiger partial charge in [-0.25, -0.2) is 0 Å². The standard InChI is InChI=1S/C58H63NOSi/c1-35(2)28-43-34-53-50-29-36(3)22-25-47(50)52-32-41(56(52)59(53)58(43)61-5)24-27-46-45-19-10-9-18-44(45)42(31-38-14-13-17-40(30-38)39-15-7-6-8-16-39)33-51(46)55-37(4)23-26-49-48-20-11-12-21-54(48)60-57(49)55/h7,9-23,25-26,29-30,32-35,46,48-49,51-54,56-58H,6,8,24,27-28,31,61H2,1-5H3/t46?,48?,49?,51?,52?,53?,54-,56?,57?,58?/m0/s1. The lowest BCUT2D eigenvalue weighted by molar-refractivity contribution is 0.0745. The molecule has 3 aliphatic heterocycles. The predicted octanol–water partition coefficient (Wildman–Crippen LogP) is 12.8. The van der Waals surface area contributed by atoms with Crippen LogP contribution >= 0.6 is 0 Å². The minimum atomic E-state index is -0.295. The van der Waals surface area contributed by atoms with E-state index in [1.165, 1.54) is 56.5 Å². The van der Waals surface area contributed by atoms with Crippen molar-refractivity contribution in [1.82, 2.24) is 4.90 Å². The lowest BCUT2D eigenvalue weighted by Gasteiger charge is -2.53. The largest absolute Gasteiger partial charge is 0.365 e. The van der Waals surface area contributed by atoms with E-state index in [2.05, 4.69) is 179 Å². The summed E-state index contributed by atoms with van der Waals surface area (Å²) in [7, 11) is -0.295. The Hall–Kier alpha value is -4.54. The maximum Gasteiger partial charge on any atom is 0.0874 e. The van der Waals surface area contributed by atoms with Crippen LogP contribution in [0.5, 0.6) is 0 Å². The monoisotopic (exact) mass is 817 g/mol. The zero-order valence-corrected chi connectivity index (χ0v) is 38.3. The van der Waals surface area contributed by atoms with Crippen molar-refractivity contribution in [2.24, 2.45) is 23.7 Å². The van der Waals surface area contributed by atoms with Gasteiger partial charge in [-0.1, -0.05) is 177 Å². The van der Waals surface area contributed by atoms with Gasteiger partial charge in [0.2, 0.25) is 0 Å². The lowest BCUT2D eigenvalue weighted by atomic mass is 9.64. The molecule has 0 amide bonds. The number of fused-ring (bicyclic) bond motifs is 10. The van der Waals surface area contributed by atoms with E-state index >= 15 is 0 Å². The van der Waals surface area contributed by atoms with E-state index in [9.17, 15) is 0 Å². The van der Waals surface area contributed by atoms with E-state index in [0.29, 0.717) is 47.3 Å². The SMILES string of the molecule is C[SiH2]C1C(CC(C)C)=CC2c3cc(C)ccc3C3C=C(CCC4c5ccccc5C(Cc5cccc(C6=CCCC=C6)c5)=CC4C4=C(C)C=CC5C4O[C@H]4C=CC=CC54)C3N12. The van der Waals surface area contributed by atoms with Crippen molar-refractivity contribution in [3.8, 4) is 0 Å². The first-order valence-corrected chi connectivity index (χ1v) is 26.0. The van der Waals surface area contributed by atoms with Gasteiger partial charge in [0.15, 0.2) is 0 Å². The normalized spacial score (nSPS) is 31.8. The smallest absolute Gasteiger partial charge is 0.0874 e. The molecule has 0 bridgehead atoms. The Labute approximate surface area is 367 Å². The third-order valence-electron chi connectivity index (χ3n) is 15.7. The van der Waals surface area contributed by atoms with Crippen molar-refractivity contribution < 1.29 is 4.74 Å². The van der Waals surface area contributed by atoms with E-state index in [4.69, 9.17) is 4.74 Å². The van der Waals surface area contributed by atoms with Crippen LogP contribution in [0.25, 0.3) is 11.1 Å². The highest BCUT2D eigenvalue weighted by Crippen LogP contribution is 2.57. The van der Waals surface area contributed by atoms with Gasteiger partial charge in [0.05, 0.1) is 18.2 Å². The van der Waals surface area contributed by atoms with Crippen LogP contribution in [0.15, 0.2) is 162 Å². The van der Waals surface area contributed by atoms with Gasteiger partial charge < -0.3 is 4.74 Å². The summed E-state index contributed by atoms with van der Waals surface area (Å²) in [4.78, 5) is 3.03. The van der Waals surface area contributed by atoms with Gasteiger partial charge in [0, 0.05) is 44.9 Å². The van der Waals surface area contributed by atoms with Gasteiger partial charge in [0.25, 0.3) is 0 Å². The lowest BCUT2D eigenvalue weighted by Crippen LogP contribution is -2.54. The molecular weight excluding hydrogens is 755 g/mol. The molecule has 1 fully saturated rings. The third kappa shape index (κ3) is 6.82. The molecule has 1 saturated heterocycles. The fourth-order valence-corrected chi connectivity index (χ4v) is 14.8. The Morgan fingerprint density at radius 3 is 2.54 bits per heavy atom. The van der Waals surface area contributed by atoms with Crippen LogP contribution < -0.4 is 0 Å². The minimum absolute atomic E-state index is 0.0905. The highest BCUT2D eigenvalue weighted by atomic mass is 28.2. The van der Waals surface area contributed by atoms with E-state index in [1.54, 1.807) is 22.3 Å². The summed E-state index contributed by atoms with van der Waals surface area (Å²) in [6.07, 6.45) is 36.1. The molecule has 61 heavy (non-hydrogen) atoms. The average Bonchev–Trinajstić information content (AvgIpc) is 3.81. The van der Waals surface area contributed by atoms with Crippen molar-refractivity contribution in [3.63, 3.8) is 0 Å². The molecule has 0 radical (unpaired) electrons. The van der Waals surface area contributed by atoms with Crippen LogP contribution in [0.1, 0.15) is 110 Å². The second-order valence-electron chi connectivity index (χ2n) is 19.9. The number of hydrogen-bond acceptors (Lipinski definition) is 2. The minimum Gasteiger partial charge on any atom is -0.365 e. The summed E-state index contributed by atoms with van der Waals surface area (Å²) in [5, 5.41) is 0. The summed E-state index contributed by atoms with van der Waals surface area (Å²) in [5.41, 5.74) is 20.1. The van der Waals surface area contributed by atoms with E-state index in [1.807, 2.05) is 0 Å². The summed E-state index contributed by atoms with van der Waals surface area (Å²) in [5.74, 6) is 2.58. The molecule has 3 aromatic rings. The van der Waals surface area contributed by atoms with Gasteiger partial charge in [-0.2, -0.15) is 0 Å². The van der Waals surface area contributed by atoms with Crippen LogP contribution in [0.3, 0.4) is 0 Å². The number of rotatable bonds is 10. The van der Waals surface area contributed by atoms with Crippen molar-refractivity contribution in [2.75, 3.05) is 0 Å². The summed E-state index contributed by atoms with van der Waals surface area (Å²) < 4.78 is 7.15. The molecule has 5 aliphatic carbocycles. The molecule has 3 aromatic carbocycles. The Balaban J connectivity index is 0.965. The molecule has 3 heteroatoms. The molecule has 3 heterocycles. The van der Waals surface area contributed by atoms with Gasteiger partial charge in [-0.05, 0) is 120 Å². The summed E-state index contributed by atoms with van der Waals surface area (Å²) >= 11 is 0. The Bertz CT molecular complexity index is 2530. The van der Waals surface area contributed by atoms with Gasteiger partial charge in [0.1, 0.15) is 0 Å². The fraction of sp³-hybridized carbons (Fsp3) is 0.379. The molecule has 0 aromatic heterocycles. The number of nitrogens with zero attached hydrogens (tertiary/aromatic N) is 1. The molecule has 0 N–H and O–H groups in total. The highest BCUT2D eigenvalue weighted by Gasteiger charge is 2.52. The number of hydrogen-bond donors (Lipinski definition) is 0. The maximum absolute atomic E-state index is 7.15. The van der Waals surface area contributed by atoms with Crippen molar-refractivity contribution in [2.45, 2.75) is 115 Å². The predicted molar refractivity (Wildman–Crippen MR) is 258 cm³/mol. The molecule has 11 rings (SSSR count). The molecule has 10 atom stereocenters. The molecule has 8 aliphatic rings. The molecule has 310 valence electrons. The number of ether oxygens (including phenoxy) is 1. The molecule has 2 nitrogen and oxygen atoms in total. The Kier molecular flexibility index (Phi) is 10.3. The van der Waals surface area contributed by atoms with Crippen LogP contribution in [-0.4, -0.2) is 38.3 Å². The van der Waals surface area contributed by atoms with Crippen molar-refractivity contribution in [1.29, 1.82) is 0 Å². The second-order valence-corrected chi connectivity index (χ2v) is 21.5. The van der Waals surface area contributed by atoms with Gasteiger partial charge >= 0.3 is 0 Å². The first-order chi connectivity index (χ1) is 29.8. The molecule has 0 saturated carbocycles. The van der Waals surface area contributed by atoms with Gasteiger partial charge in [-0.3, -0.25) is 4.90 Å². The average molecular weight is 818 g/mol. The Morgan fingerprint density at radius 2 is 1.69 bits per heavy atom. The van der Waals surface area contributed by atoms with Crippen LogP contribution in [0.2, 0.25) is 6.55 Å². The molecular formula is C58H63NOSi. The molecule has 9 unspecified atom stereocenters. The number of aryl methyl sites for hydroxylation is 1. The highest BCUT2D eigenvalue weighted by molar-refractivity contribution is 6.37. The van der Waals surface area contributed by atoms with Gasteiger partial charge in [-0.15, -0.1) is 0 Å². The zero-order chi connectivity index (χ0) is 41.4.